The molecule has 0 aliphatic carbocycles. The predicted octanol–water partition coefficient (Wildman–Crippen LogP) is 1.86. The second-order valence-corrected chi connectivity index (χ2v) is 6.26. The van der Waals surface area contributed by atoms with E-state index in [9.17, 15) is 8.42 Å². The summed E-state index contributed by atoms with van der Waals surface area (Å²) in [6.07, 6.45) is 4.17. The van der Waals surface area contributed by atoms with E-state index < -0.39 is 10.0 Å². The van der Waals surface area contributed by atoms with Crippen LogP contribution in [0.2, 0.25) is 0 Å². The average molecular weight is 294 g/mol. The first kappa shape index (κ1) is 16.7. The first-order chi connectivity index (χ1) is 9.60. The van der Waals surface area contributed by atoms with E-state index in [4.69, 9.17) is 5.73 Å². The zero-order chi connectivity index (χ0) is 14.8. The zero-order valence-electron chi connectivity index (χ0n) is 11.9. The van der Waals surface area contributed by atoms with Gasteiger partial charge in [0.1, 0.15) is 0 Å². The Kier molecular flexibility index (Phi) is 7.31. The smallest absolute Gasteiger partial charge is 0.240 e. The van der Waals surface area contributed by atoms with Crippen molar-refractivity contribution < 1.29 is 8.42 Å². The molecular weight excluding hydrogens is 272 g/mol. The summed E-state index contributed by atoms with van der Waals surface area (Å²) < 4.78 is 26.8. The number of hydrogen-bond acceptors (Lipinski definition) is 3. The largest absolute Gasteiger partial charge is 0.320 e. The van der Waals surface area contributed by atoms with E-state index in [1.807, 2.05) is 0 Å². The third-order valence-corrected chi connectivity index (χ3v) is 4.26. The highest BCUT2D eigenvalue weighted by atomic mass is 32.2. The Morgan fingerprint density at radius 2 is 2.05 bits per heavy atom. The van der Waals surface area contributed by atoms with E-state index in [-0.39, 0.29) is 11.4 Å². The van der Waals surface area contributed by atoms with Crippen molar-refractivity contribution >= 4 is 10.0 Å². The number of nitrogens with two attached hydrogens (primary N) is 1. The number of hydrogen-bond donors (Lipinski definition) is 2. The van der Waals surface area contributed by atoms with Crippen LogP contribution in [-0.4, -0.2) is 21.5 Å². The quantitative estimate of drug-likeness (QED) is 0.595. The summed E-state index contributed by atoms with van der Waals surface area (Å²) in [5, 5.41) is 0. The third kappa shape index (κ3) is 5.74. The van der Waals surface area contributed by atoms with Gasteiger partial charge in [0.2, 0.25) is 10.0 Å². The van der Waals surface area contributed by atoms with Gasteiger partial charge in [-0.3, -0.25) is 0 Å². The molecule has 0 aliphatic heterocycles. The van der Waals surface area contributed by atoms with E-state index in [2.05, 4.69) is 23.5 Å². The Morgan fingerprint density at radius 1 is 1.25 bits per heavy atom. The number of benzene rings is 1. The molecule has 0 unspecified atom stereocenters. The Hall–Kier alpha value is -1.35. The van der Waals surface area contributed by atoms with Gasteiger partial charge in [-0.2, -0.15) is 0 Å². The Bertz CT molecular complexity index is 571. The molecule has 0 saturated heterocycles. The van der Waals surface area contributed by atoms with Gasteiger partial charge in [0.15, 0.2) is 0 Å². The zero-order valence-corrected chi connectivity index (χ0v) is 12.7. The van der Waals surface area contributed by atoms with Crippen LogP contribution in [0, 0.1) is 11.8 Å². The van der Waals surface area contributed by atoms with Gasteiger partial charge < -0.3 is 5.73 Å². The summed E-state index contributed by atoms with van der Waals surface area (Å²) >= 11 is 0. The standard InChI is InChI=1S/C15H22N2O2S/c1-2-3-4-5-12-17-20(18,19)15-10-6-8-14(13-15)9-7-11-16/h6,8,10,13,17H,2-5,11-12,16H2,1H3. The molecule has 1 rings (SSSR count). The summed E-state index contributed by atoms with van der Waals surface area (Å²) in [5.74, 6) is 5.55. The summed E-state index contributed by atoms with van der Waals surface area (Å²) in [6, 6.07) is 6.59. The second-order valence-electron chi connectivity index (χ2n) is 4.49. The van der Waals surface area contributed by atoms with Crippen LogP contribution in [0.25, 0.3) is 0 Å². The number of nitrogens with one attached hydrogen (secondary N) is 1. The van der Waals surface area contributed by atoms with Crippen molar-refractivity contribution in [3.8, 4) is 11.8 Å². The molecule has 0 amide bonds. The normalized spacial score (nSPS) is 10.9. The summed E-state index contributed by atoms with van der Waals surface area (Å²) in [6.45, 7) is 2.85. The molecule has 0 fully saturated rings. The maximum atomic E-state index is 12.1. The van der Waals surface area contributed by atoms with E-state index in [0.717, 1.165) is 25.7 Å². The number of sulfonamides is 1. The van der Waals surface area contributed by atoms with Crippen LogP contribution in [0.15, 0.2) is 29.2 Å². The van der Waals surface area contributed by atoms with Crippen molar-refractivity contribution in [3.63, 3.8) is 0 Å². The Balaban J connectivity index is 2.67. The van der Waals surface area contributed by atoms with Gasteiger partial charge in [0, 0.05) is 12.1 Å². The molecular formula is C15H22N2O2S. The van der Waals surface area contributed by atoms with E-state index in [1.165, 1.54) is 0 Å². The van der Waals surface area contributed by atoms with E-state index >= 15 is 0 Å². The van der Waals surface area contributed by atoms with Crippen molar-refractivity contribution in [1.29, 1.82) is 0 Å². The topological polar surface area (TPSA) is 72.2 Å². The van der Waals surface area contributed by atoms with E-state index in [1.54, 1.807) is 24.3 Å². The molecule has 1 aromatic carbocycles. The lowest BCUT2D eigenvalue weighted by molar-refractivity contribution is 0.573. The highest BCUT2D eigenvalue weighted by molar-refractivity contribution is 7.89. The molecule has 0 aromatic heterocycles. The maximum Gasteiger partial charge on any atom is 0.240 e. The second kappa shape index (κ2) is 8.75. The monoisotopic (exact) mass is 294 g/mol. The molecule has 0 aliphatic rings. The van der Waals surface area contributed by atoms with Crippen LogP contribution in [0.5, 0.6) is 0 Å². The molecule has 0 radical (unpaired) electrons. The van der Waals surface area contributed by atoms with Crippen LogP contribution in [0.4, 0.5) is 0 Å². The molecule has 3 N–H and O–H groups in total. The predicted molar refractivity (Wildman–Crippen MR) is 81.7 cm³/mol. The lowest BCUT2D eigenvalue weighted by atomic mass is 10.2. The summed E-state index contributed by atoms with van der Waals surface area (Å²) in [4.78, 5) is 0.247. The van der Waals surface area contributed by atoms with Crippen LogP contribution in [-0.2, 0) is 10.0 Å². The van der Waals surface area contributed by atoms with Crippen LogP contribution < -0.4 is 10.5 Å². The number of unbranched alkanes of at least 4 members (excludes halogenated alkanes) is 3. The molecule has 0 saturated carbocycles. The average Bonchev–Trinajstić information content (AvgIpc) is 2.45. The van der Waals surface area contributed by atoms with Crippen molar-refractivity contribution in [2.75, 3.05) is 13.1 Å². The number of rotatable bonds is 7. The van der Waals surface area contributed by atoms with Gasteiger partial charge in [-0.1, -0.05) is 44.1 Å². The van der Waals surface area contributed by atoms with Crippen molar-refractivity contribution in [3.05, 3.63) is 29.8 Å². The first-order valence-electron chi connectivity index (χ1n) is 6.89. The fraction of sp³-hybridized carbons (Fsp3) is 0.467. The van der Waals surface area contributed by atoms with Gasteiger partial charge in [-0.25, -0.2) is 13.1 Å². The van der Waals surface area contributed by atoms with Crippen molar-refractivity contribution in [2.24, 2.45) is 5.73 Å². The van der Waals surface area contributed by atoms with Gasteiger partial charge in [-0.05, 0) is 24.6 Å². The SMILES string of the molecule is CCCCCCNS(=O)(=O)c1cccc(C#CCN)c1. The van der Waals surface area contributed by atoms with Crippen molar-refractivity contribution in [2.45, 2.75) is 37.5 Å². The van der Waals surface area contributed by atoms with Crippen LogP contribution in [0.1, 0.15) is 38.2 Å². The lowest BCUT2D eigenvalue weighted by Gasteiger charge is -2.06. The molecule has 0 spiro atoms. The van der Waals surface area contributed by atoms with Gasteiger partial charge in [-0.15, -0.1) is 0 Å². The van der Waals surface area contributed by atoms with Gasteiger partial charge in [0.25, 0.3) is 0 Å². The van der Waals surface area contributed by atoms with E-state index in [0.29, 0.717) is 12.1 Å². The Morgan fingerprint density at radius 3 is 2.75 bits per heavy atom. The van der Waals surface area contributed by atoms with Crippen LogP contribution >= 0.6 is 0 Å². The Labute approximate surface area is 121 Å². The van der Waals surface area contributed by atoms with Crippen molar-refractivity contribution in [1.82, 2.24) is 4.72 Å². The maximum absolute atomic E-state index is 12.1. The molecule has 0 heterocycles. The fourth-order valence-corrected chi connectivity index (χ4v) is 2.86. The minimum atomic E-state index is -3.44. The van der Waals surface area contributed by atoms with Gasteiger partial charge >= 0.3 is 0 Å². The van der Waals surface area contributed by atoms with Crippen LogP contribution in [0.3, 0.4) is 0 Å². The lowest BCUT2D eigenvalue weighted by Crippen LogP contribution is -2.24. The minimum Gasteiger partial charge on any atom is -0.320 e. The molecule has 110 valence electrons. The first-order valence-corrected chi connectivity index (χ1v) is 8.37. The fourth-order valence-electron chi connectivity index (χ4n) is 1.74. The molecule has 20 heavy (non-hydrogen) atoms. The summed E-state index contributed by atoms with van der Waals surface area (Å²) in [7, 11) is -3.44. The molecule has 4 nitrogen and oxygen atoms in total. The highest BCUT2D eigenvalue weighted by Crippen LogP contribution is 2.11. The molecule has 1 aromatic rings. The molecule has 5 heteroatoms. The third-order valence-electron chi connectivity index (χ3n) is 2.80. The van der Waals surface area contributed by atoms with Gasteiger partial charge in [0.05, 0.1) is 11.4 Å². The minimum absolute atomic E-state index is 0.247. The molecule has 0 atom stereocenters. The molecule has 0 bridgehead atoms. The summed E-state index contributed by atoms with van der Waals surface area (Å²) in [5.41, 5.74) is 5.96. The highest BCUT2D eigenvalue weighted by Gasteiger charge is 2.13.